The Morgan fingerprint density at radius 1 is 1.08 bits per heavy atom. The van der Waals surface area contributed by atoms with E-state index in [0.29, 0.717) is 0 Å². The summed E-state index contributed by atoms with van der Waals surface area (Å²) in [5.74, 6) is 0. The van der Waals surface area contributed by atoms with E-state index in [9.17, 15) is 0 Å². The maximum atomic E-state index is 2.86. The monoisotopic (exact) mass is 207 g/mol. The standard InChI is InChI=1S/C6H4S2.C4H5N/c1-2-8-6-4-7-3-5(1)6;1-2-4-5-3-1/h1-4H;1-5H. The predicted octanol–water partition coefficient (Wildman–Crippen LogP) is 3.98. The van der Waals surface area contributed by atoms with E-state index in [0.717, 1.165) is 0 Å². The van der Waals surface area contributed by atoms with E-state index in [-0.39, 0.29) is 0 Å². The summed E-state index contributed by atoms with van der Waals surface area (Å²) in [6.07, 6.45) is 3.75. The summed E-state index contributed by atoms with van der Waals surface area (Å²) in [4.78, 5) is 2.86. The van der Waals surface area contributed by atoms with Gasteiger partial charge in [-0.25, -0.2) is 0 Å². The lowest BCUT2D eigenvalue weighted by Gasteiger charge is -1.63. The summed E-state index contributed by atoms with van der Waals surface area (Å²) in [5, 5.41) is 7.86. The highest BCUT2D eigenvalue weighted by Gasteiger charge is 1.90. The van der Waals surface area contributed by atoms with Crippen molar-refractivity contribution in [3.05, 3.63) is 46.7 Å². The van der Waals surface area contributed by atoms with Gasteiger partial charge in [0, 0.05) is 27.9 Å². The molecule has 3 heteroatoms. The third-order valence-corrected chi connectivity index (χ3v) is 3.38. The molecule has 0 aliphatic carbocycles. The molecule has 0 unspecified atom stereocenters. The highest BCUT2D eigenvalue weighted by Crippen LogP contribution is 2.23. The highest BCUT2D eigenvalue weighted by atomic mass is 32.1. The Hall–Kier alpha value is -1.06. The van der Waals surface area contributed by atoms with E-state index < -0.39 is 0 Å². The Kier molecular flexibility index (Phi) is 2.79. The zero-order valence-electron chi connectivity index (χ0n) is 6.94. The molecule has 0 bridgehead atoms. The fourth-order valence-electron chi connectivity index (χ4n) is 0.971. The number of aromatic amines is 1. The van der Waals surface area contributed by atoms with Crippen LogP contribution in [0.1, 0.15) is 0 Å². The molecule has 3 rings (SSSR count). The van der Waals surface area contributed by atoms with Crippen molar-refractivity contribution < 1.29 is 0 Å². The minimum absolute atomic E-state index is 1.39. The Morgan fingerprint density at radius 2 is 1.92 bits per heavy atom. The van der Waals surface area contributed by atoms with E-state index >= 15 is 0 Å². The quantitative estimate of drug-likeness (QED) is 0.574. The molecule has 1 nitrogen and oxygen atoms in total. The average molecular weight is 207 g/mol. The van der Waals surface area contributed by atoms with Crippen molar-refractivity contribution in [2.24, 2.45) is 0 Å². The van der Waals surface area contributed by atoms with Crippen LogP contribution in [0, 0.1) is 0 Å². The van der Waals surface area contributed by atoms with Gasteiger partial charge in [-0.15, -0.1) is 11.3 Å². The number of rotatable bonds is 0. The third kappa shape index (κ3) is 2.20. The molecular weight excluding hydrogens is 198 g/mol. The molecule has 0 aromatic carbocycles. The first-order valence-corrected chi connectivity index (χ1v) is 5.76. The van der Waals surface area contributed by atoms with E-state index in [1.54, 1.807) is 22.7 Å². The second-order valence-corrected chi connectivity index (χ2v) is 4.19. The van der Waals surface area contributed by atoms with Crippen molar-refractivity contribution in [1.29, 1.82) is 0 Å². The molecular formula is C10H9NS2. The van der Waals surface area contributed by atoms with Crippen molar-refractivity contribution in [2.75, 3.05) is 0 Å². The normalized spacial score (nSPS) is 9.54. The van der Waals surface area contributed by atoms with Gasteiger partial charge < -0.3 is 4.98 Å². The number of aromatic nitrogens is 1. The van der Waals surface area contributed by atoms with Gasteiger partial charge in [0.15, 0.2) is 0 Å². The van der Waals surface area contributed by atoms with E-state index in [1.807, 2.05) is 24.5 Å². The van der Waals surface area contributed by atoms with Crippen LogP contribution >= 0.6 is 22.7 Å². The van der Waals surface area contributed by atoms with E-state index in [1.165, 1.54) is 10.1 Å². The second-order valence-electron chi connectivity index (χ2n) is 2.50. The van der Waals surface area contributed by atoms with Crippen LogP contribution in [0.5, 0.6) is 0 Å². The van der Waals surface area contributed by atoms with Crippen LogP contribution in [0.3, 0.4) is 0 Å². The lowest BCUT2D eigenvalue weighted by Crippen LogP contribution is -1.38. The summed E-state index contributed by atoms with van der Waals surface area (Å²) in [5.41, 5.74) is 0. The Morgan fingerprint density at radius 3 is 2.54 bits per heavy atom. The molecule has 0 aliphatic rings. The predicted molar refractivity (Wildman–Crippen MR) is 60.5 cm³/mol. The largest absolute Gasteiger partial charge is 0.368 e. The number of hydrogen-bond acceptors (Lipinski definition) is 2. The van der Waals surface area contributed by atoms with Gasteiger partial charge in [0.2, 0.25) is 0 Å². The summed E-state index contributed by atoms with van der Waals surface area (Å²) in [6.45, 7) is 0. The summed E-state index contributed by atoms with van der Waals surface area (Å²) >= 11 is 3.57. The minimum atomic E-state index is 1.39. The third-order valence-electron chi connectivity index (χ3n) is 1.59. The molecule has 0 saturated carbocycles. The zero-order chi connectivity index (χ0) is 8.93. The van der Waals surface area contributed by atoms with Gasteiger partial charge in [0.1, 0.15) is 0 Å². The first-order valence-electron chi connectivity index (χ1n) is 3.94. The number of nitrogens with one attached hydrogen (secondary N) is 1. The Bertz CT molecular complexity index is 368. The molecule has 0 aliphatic heterocycles. The first-order chi connectivity index (χ1) is 6.47. The van der Waals surface area contributed by atoms with Gasteiger partial charge in [-0.05, 0) is 29.0 Å². The van der Waals surface area contributed by atoms with Crippen LogP contribution in [0.4, 0.5) is 0 Å². The molecule has 0 spiro atoms. The molecule has 13 heavy (non-hydrogen) atoms. The van der Waals surface area contributed by atoms with Gasteiger partial charge in [-0.3, -0.25) is 0 Å². The topological polar surface area (TPSA) is 15.8 Å². The maximum Gasteiger partial charge on any atom is 0.0449 e. The number of fused-ring (bicyclic) bond motifs is 1. The van der Waals surface area contributed by atoms with E-state index in [4.69, 9.17) is 0 Å². The lowest BCUT2D eigenvalue weighted by atomic mass is 10.4. The SMILES string of the molecule is c1cc2cscc2s1.c1cc[nH]c1. The minimum Gasteiger partial charge on any atom is -0.368 e. The fraction of sp³-hybridized carbons (Fsp3) is 0. The molecule has 3 heterocycles. The van der Waals surface area contributed by atoms with Gasteiger partial charge in [-0.1, -0.05) is 0 Å². The molecule has 0 amide bonds. The molecule has 1 N–H and O–H groups in total. The average Bonchev–Trinajstić information content (AvgIpc) is 2.84. The smallest absolute Gasteiger partial charge is 0.0449 e. The number of H-pyrrole nitrogens is 1. The highest BCUT2D eigenvalue weighted by molar-refractivity contribution is 7.21. The molecule has 3 aromatic rings. The molecule has 0 radical (unpaired) electrons. The molecule has 0 atom stereocenters. The zero-order valence-corrected chi connectivity index (χ0v) is 8.57. The Balaban J connectivity index is 0.000000113. The van der Waals surface area contributed by atoms with Crippen LogP contribution < -0.4 is 0 Å². The van der Waals surface area contributed by atoms with Crippen LogP contribution in [0.25, 0.3) is 10.1 Å². The van der Waals surface area contributed by atoms with Crippen molar-refractivity contribution in [3.8, 4) is 0 Å². The van der Waals surface area contributed by atoms with Crippen LogP contribution in [-0.4, -0.2) is 4.98 Å². The lowest BCUT2D eigenvalue weighted by molar-refractivity contribution is 1.42. The van der Waals surface area contributed by atoms with Crippen molar-refractivity contribution in [3.63, 3.8) is 0 Å². The Labute approximate surface area is 84.7 Å². The fourth-order valence-corrected chi connectivity index (χ4v) is 2.74. The van der Waals surface area contributed by atoms with Gasteiger partial charge in [0.05, 0.1) is 0 Å². The molecule has 0 saturated heterocycles. The van der Waals surface area contributed by atoms with Crippen molar-refractivity contribution in [2.45, 2.75) is 0 Å². The maximum absolute atomic E-state index is 2.86. The molecule has 3 aromatic heterocycles. The van der Waals surface area contributed by atoms with Crippen LogP contribution in [-0.2, 0) is 0 Å². The molecule has 66 valence electrons. The summed E-state index contributed by atoms with van der Waals surface area (Å²) < 4.78 is 1.41. The van der Waals surface area contributed by atoms with Gasteiger partial charge in [0.25, 0.3) is 0 Å². The van der Waals surface area contributed by atoms with Crippen molar-refractivity contribution in [1.82, 2.24) is 4.98 Å². The van der Waals surface area contributed by atoms with Crippen molar-refractivity contribution >= 4 is 32.8 Å². The number of hydrogen-bond donors (Lipinski definition) is 1. The first kappa shape index (κ1) is 8.53. The van der Waals surface area contributed by atoms with Crippen LogP contribution in [0.15, 0.2) is 46.7 Å². The number of thiophene rings is 2. The van der Waals surface area contributed by atoms with E-state index in [2.05, 4.69) is 27.2 Å². The second kappa shape index (κ2) is 4.25. The summed E-state index contributed by atoms with van der Waals surface area (Å²) in [6, 6.07) is 6.04. The summed E-state index contributed by atoms with van der Waals surface area (Å²) in [7, 11) is 0. The van der Waals surface area contributed by atoms with Gasteiger partial charge in [-0.2, -0.15) is 11.3 Å². The van der Waals surface area contributed by atoms with Gasteiger partial charge >= 0.3 is 0 Å². The molecule has 0 fully saturated rings. The van der Waals surface area contributed by atoms with Crippen LogP contribution in [0.2, 0.25) is 0 Å².